The molecule has 0 bridgehead atoms. The monoisotopic (exact) mass is 251 g/mol. The van der Waals surface area contributed by atoms with E-state index in [1.165, 1.54) is 5.56 Å². The quantitative estimate of drug-likeness (QED) is 0.907. The van der Waals surface area contributed by atoms with Crippen molar-refractivity contribution in [2.45, 2.75) is 19.9 Å². The van der Waals surface area contributed by atoms with Gasteiger partial charge in [-0.2, -0.15) is 5.26 Å². The molecule has 0 amide bonds. The minimum absolute atomic E-state index is 0.350. The standard InChI is InChI=1S/C16H17N3/c1-3-19-12(2)14-4-6-15(7-5-14)16-8-13(9-17)10-18-11-16/h4-8,10-12,19H,3H2,1-2H3. The van der Waals surface area contributed by atoms with Gasteiger partial charge in [0.15, 0.2) is 0 Å². The third kappa shape index (κ3) is 3.18. The number of pyridine rings is 1. The zero-order valence-corrected chi connectivity index (χ0v) is 11.2. The number of nitrogens with zero attached hydrogens (tertiary/aromatic N) is 2. The van der Waals surface area contributed by atoms with Crippen molar-refractivity contribution < 1.29 is 0 Å². The number of rotatable bonds is 4. The fourth-order valence-corrected chi connectivity index (χ4v) is 2.05. The Balaban J connectivity index is 2.25. The molecular weight excluding hydrogens is 234 g/mol. The Morgan fingerprint density at radius 3 is 2.58 bits per heavy atom. The number of nitriles is 1. The van der Waals surface area contributed by atoms with Crippen LogP contribution in [0.5, 0.6) is 0 Å². The molecule has 1 unspecified atom stereocenters. The van der Waals surface area contributed by atoms with E-state index in [4.69, 9.17) is 5.26 Å². The topological polar surface area (TPSA) is 48.7 Å². The Hall–Kier alpha value is -2.18. The van der Waals surface area contributed by atoms with Gasteiger partial charge in [0.1, 0.15) is 6.07 Å². The molecule has 0 radical (unpaired) electrons. The zero-order chi connectivity index (χ0) is 13.7. The van der Waals surface area contributed by atoms with E-state index in [2.05, 4.69) is 54.5 Å². The number of hydrogen-bond acceptors (Lipinski definition) is 3. The molecule has 19 heavy (non-hydrogen) atoms. The second kappa shape index (κ2) is 6.12. The molecule has 0 saturated carbocycles. The van der Waals surface area contributed by atoms with E-state index in [1.807, 2.05) is 6.07 Å². The summed E-state index contributed by atoms with van der Waals surface area (Å²) in [6.45, 7) is 5.21. The van der Waals surface area contributed by atoms with Crippen molar-refractivity contribution in [3.63, 3.8) is 0 Å². The predicted octanol–water partition coefficient (Wildman–Crippen LogP) is 3.29. The summed E-state index contributed by atoms with van der Waals surface area (Å²) in [5.74, 6) is 0. The van der Waals surface area contributed by atoms with Crippen molar-refractivity contribution in [2.75, 3.05) is 6.54 Å². The first-order valence-corrected chi connectivity index (χ1v) is 6.43. The lowest BCUT2D eigenvalue weighted by atomic mass is 10.0. The van der Waals surface area contributed by atoms with Gasteiger partial charge in [0.25, 0.3) is 0 Å². The molecule has 1 N–H and O–H groups in total. The van der Waals surface area contributed by atoms with Crippen molar-refractivity contribution in [2.24, 2.45) is 0 Å². The van der Waals surface area contributed by atoms with Crippen LogP contribution in [0.2, 0.25) is 0 Å². The highest BCUT2D eigenvalue weighted by atomic mass is 14.9. The van der Waals surface area contributed by atoms with Gasteiger partial charge in [-0.05, 0) is 30.7 Å². The van der Waals surface area contributed by atoms with Gasteiger partial charge in [0, 0.05) is 24.0 Å². The van der Waals surface area contributed by atoms with Crippen LogP contribution in [-0.4, -0.2) is 11.5 Å². The van der Waals surface area contributed by atoms with Crippen LogP contribution in [0.15, 0.2) is 42.7 Å². The van der Waals surface area contributed by atoms with Crippen molar-refractivity contribution >= 4 is 0 Å². The van der Waals surface area contributed by atoms with E-state index in [9.17, 15) is 0 Å². The van der Waals surface area contributed by atoms with Gasteiger partial charge in [-0.15, -0.1) is 0 Å². The first-order chi connectivity index (χ1) is 9.24. The van der Waals surface area contributed by atoms with Gasteiger partial charge in [-0.3, -0.25) is 4.98 Å². The highest BCUT2D eigenvalue weighted by Gasteiger charge is 2.04. The van der Waals surface area contributed by atoms with Crippen molar-refractivity contribution in [1.29, 1.82) is 5.26 Å². The summed E-state index contributed by atoms with van der Waals surface area (Å²) in [4.78, 5) is 4.08. The molecule has 0 aliphatic rings. The van der Waals surface area contributed by atoms with Crippen LogP contribution < -0.4 is 5.32 Å². The van der Waals surface area contributed by atoms with Gasteiger partial charge in [-0.25, -0.2) is 0 Å². The average Bonchev–Trinajstić information content (AvgIpc) is 2.48. The maximum Gasteiger partial charge on any atom is 0.101 e. The molecule has 0 aliphatic carbocycles. The molecule has 1 aromatic heterocycles. The molecule has 1 aromatic carbocycles. The maximum atomic E-state index is 8.89. The van der Waals surface area contributed by atoms with E-state index >= 15 is 0 Å². The highest BCUT2D eigenvalue weighted by Crippen LogP contribution is 2.22. The minimum atomic E-state index is 0.350. The Labute approximate surface area is 113 Å². The summed E-state index contributed by atoms with van der Waals surface area (Å²) in [5.41, 5.74) is 3.90. The Kier molecular flexibility index (Phi) is 4.27. The molecule has 0 saturated heterocycles. The van der Waals surface area contributed by atoms with Gasteiger partial charge < -0.3 is 5.32 Å². The Morgan fingerprint density at radius 1 is 1.21 bits per heavy atom. The molecule has 2 rings (SSSR count). The average molecular weight is 251 g/mol. The van der Waals surface area contributed by atoms with Crippen LogP contribution in [0.3, 0.4) is 0 Å². The van der Waals surface area contributed by atoms with Gasteiger partial charge >= 0.3 is 0 Å². The summed E-state index contributed by atoms with van der Waals surface area (Å²) < 4.78 is 0. The van der Waals surface area contributed by atoms with Crippen LogP contribution >= 0.6 is 0 Å². The lowest BCUT2D eigenvalue weighted by molar-refractivity contribution is 0.598. The molecule has 0 aliphatic heterocycles. The molecular formula is C16H17N3. The van der Waals surface area contributed by atoms with Crippen LogP contribution in [0.4, 0.5) is 0 Å². The highest BCUT2D eigenvalue weighted by molar-refractivity contribution is 5.64. The molecule has 0 spiro atoms. The normalized spacial score (nSPS) is 11.8. The summed E-state index contributed by atoms with van der Waals surface area (Å²) >= 11 is 0. The Morgan fingerprint density at radius 2 is 1.95 bits per heavy atom. The van der Waals surface area contributed by atoms with Gasteiger partial charge in [-0.1, -0.05) is 31.2 Å². The van der Waals surface area contributed by atoms with E-state index in [0.29, 0.717) is 11.6 Å². The largest absolute Gasteiger partial charge is 0.310 e. The lowest BCUT2D eigenvalue weighted by Gasteiger charge is -2.13. The number of hydrogen-bond donors (Lipinski definition) is 1. The lowest BCUT2D eigenvalue weighted by Crippen LogP contribution is -2.17. The first kappa shape index (κ1) is 13.3. The van der Waals surface area contributed by atoms with Crippen LogP contribution in [0.1, 0.15) is 31.0 Å². The van der Waals surface area contributed by atoms with Crippen LogP contribution in [0, 0.1) is 11.3 Å². The molecule has 1 atom stereocenters. The molecule has 0 fully saturated rings. The third-order valence-corrected chi connectivity index (χ3v) is 3.12. The summed E-state index contributed by atoms with van der Waals surface area (Å²) in [5, 5.41) is 12.3. The van der Waals surface area contributed by atoms with Gasteiger partial charge in [0.2, 0.25) is 0 Å². The third-order valence-electron chi connectivity index (χ3n) is 3.12. The SMILES string of the molecule is CCNC(C)c1ccc(-c2cncc(C#N)c2)cc1. The van der Waals surface area contributed by atoms with E-state index in [1.54, 1.807) is 12.4 Å². The summed E-state index contributed by atoms with van der Waals surface area (Å²) in [6, 6.07) is 12.7. The van der Waals surface area contributed by atoms with Gasteiger partial charge in [0.05, 0.1) is 5.56 Å². The Bertz CT molecular complexity index is 582. The van der Waals surface area contributed by atoms with E-state index in [0.717, 1.165) is 17.7 Å². The summed E-state index contributed by atoms with van der Waals surface area (Å²) in [6.07, 6.45) is 3.36. The number of benzene rings is 1. The van der Waals surface area contributed by atoms with E-state index < -0.39 is 0 Å². The molecule has 3 nitrogen and oxygen atoms in total. The molecule has 3 heteroatoms. The fraction of sp³-hybridized carbons (Fsp3) is 0.250. The fourth-order valence-electron chi connectivity index (χ4n) is 2.05. The van der Waals surface area contributed by atoms with Crippen LogP contribution in [0.25, 0.3) is 11.1 Å². The second-order valence-electron chi connectivity index (χ2n) is 4.48. The predicted molar refractivity (Wildman–Crippen MR) is 76.5 cm³/mol. The minimum Gasteiger partial charge on any atom is -0.310 e. The zero-order valence-electron chi connectivity index (χ0n) is 11.2. The van der Waals surface area contributed by atoms with E-state index in [-0.39, 0.29) is 0 Å². The smallest absolute Gasteiger partial charge is 0.101 e. The van der Waals surface area contributed by atoms with Crippen molar-refractivity contribution in [3.8, 4) is 17.2 Å². The van der Waals surface area contributed by atoms with Crippen molar-refractivity contribution in [3.05, 3.63) is 53.9 Å². The number of nitrogens with one attached hydrogen (secondary N) is 1. The number of aromatic nitrogens is 1. The van der Waals surface area contributed by atoms with Crippen LogP contribution in [-0.2, 0) is 0 Å². The summed E-state index contributed by atoms with van der Waals surface area (Å²) in [7, 11) is 0. The molecule has 2 aromatic rings. The molecule has 96 valence electrons. The van der Waals surface area contributed by atoms with Crippen molar-refractivity contribution in [1.82, 2.24) is 10.3 Å². The maximum absolute atomic E-state index is 8.89. The first-order valence-electron chi connectivity index (χ1n) is 6.43. The molecule has 1 heterocycles. The second-order valence-corrected chi connectivity index (χ2v) is 4.48.